The molecule has 98 valence electrons. The molecule has 0 aromatic heterocycles. The third-order valence-electron chi connectivity index (χ3n) is 2.86. The van der Waals surface area contributed by atoms with Gasteiger partial charge >= 0.3 is 0 Å². The highest BCUT2D eigenvalue weighted by Gasteiger charge is 2.18. The van der Waals surface area contributed by atoms with E-state index in [1.165, 1.54) is 12.5 Å². The Morgan fingerprint density at radius 1 is 1.33 bits per heavy atom. The highest BCUT2D eigenvalue weighted by molar-refractivity contribution is 5.71. The summed E-state index contributed by atoms with van der Waals surface area (Å²) in [5.74, 6) is 1.58. The second-order valence-electron chi connectivity index (χ2n) is 5.01. The van der Waals surface area contributed by atoms with Gasteiger partial charge in [0, 0.05) is 13.3 Å². The van der Waals surface area contributed by atoms with Crippen molar-refractivity contribution >= 4 is 5.91 Å². The lowest BCUT2D eigenvalue weighted by Gasteiger charge is -2.28. The fourth-order valence-corrected chi connectivity index (χ4v) is 1.99. The van der Waals surface area contributed by atoms with E-state index in [9.17, 15) is 4.79 Å². The first-order chi connectivity index (χ1) is 8.46. The van der Waals surface area contributed by atoms with Crippen LogP contribution in [-0.4, -0.2) is 37.9 Å². The zero-order chi connectivity index (χ0) is 13.2. The summed E-state index contributed by atoms with van der Waals surface area (Å²) in [6.45, 7) is 2.64. The predicted molar refractivity (Wildman–Crippen MR) is 67.1 cm³/mol. The van der Waals surface area contributed by atoms with Crippen LogP contribution >= 0.6 is 0 Å². The topological polar surface area (TPSA) is 47.6 Å². The van der Waals surface area contributed by atoms with Crippen molar-refractivity contribution in [2.75, 3.05) is 27.4 Å². The summed E-state index contributed by atoms with van der Waals surface area (Å²) in [7, 11) is 3.93. The van der Waals surface area contributed by atoms with Crippen molar-refractivity contribution in [3.63, 3.8) is 0 Å². The van der Waals surface area contributed by atoms with Crippen LogP contribution in [0.5, 0.6) is 11.5 Å². The van der Waals surface area contributed by atoms with Crippen molar-refractivity contribution in [2.24, 2.45) is 0 Å². The standard InChI is InChI=1S/C13H18N2O3/c1-10(16)14-15(2,3)7-6-11-4-5-12-13(8-11)18-9-17-12/h4-5,8H,6-7,9H2,1-3H3/p+1. The molecule has 0 saturated heterocycles. The maximum Gasteiger partial charge on any atom is 0.261 e. The number of carbonyl (C=O) groups is 1. The monoisotopic (exact) mass is 251 g/mol. The summed E-state index contributed by atoms with van der Waals surface area (Å²) in [6.07, 6.45) is 0.865. The number of quaternary nitrogens is 1. The Hall–Kier alpha value is -1.75. The number of hydrogen-bond acceptors (Lipinski definition) is 3. The van der Waals surface area contributed by atoms with Gasteiger partial charge in [0.25, 0.3) is 5.91 Å². The number of nitrogens with zero attached hydrogens (tertiary/aromatic N) is 1. The average Bonchev–Trinajstić information content (AvgIpc) is 2.71. The summed E-state index contributed by atoms with van der Waals surface area (Å²) >= 11 is 0. The van der Waals surface area contributed by atoms with Crippen molar-refractivity contribution in [3.05, 3.63) is 23.8 Å². The molecule has 1 aromatic carbocycles. The van der Waals surface area contributed by atoms with E-state index in [1.807, 2.05) is 32.3 Å². The van der Waals surface area contributed by atoms with E-state index in [4.69, 9.17) is 9.47 Å². The van der Waals surface area contributed by atoms with E-state index in [2.05, 4.69) is 5.43 Å². The molecule has 1 aliphatic rings. The first kappa shape index (κ1) is 12.7. The molecule has 18 heavy (non-hydrogen) atoms. The van der Waals surface area contributed by atoms with E-state index in [0.29, 0.717) is 11.4 Å². The molecule has 0 radical (unpaired) electrons. The zero-order valence-corrected chi connectivity index (χ0v) is 11.0. The van der Waals surface area contributed by atoms with Gasteiger partial charge in [-0.05, 0) is 17.7 Å². The molecule has 0 atom stereocenters. The third kappa shape index (κ3) is 3.13. The lowest BCUT2D eigenvalue weighted by atomic mass is 10.1. The van der Waals surface area contributed by atoms with Crippen LogP contribution < -0.4 is 14.9 Å². The van der Waals surface area contributed by atoms with Crippen LogP contribution in [0, 0.1) is 0 Å². The highest BCUT2D eigenvalue weighted by Crippen LogP contribution is 2.32. The van der Waals surface area contributed by atoms with Gasteiger partial charge in [-0.15, -0.1) is 0 Å². The fraction of sp³-hybridized carbons (Fsp3) is 0.462. The van der Waals surface area contributed by atoms with Gasteiger partial charge in [-0.2, -0.15) is 0 Å². The van der Waals surface area contributed by atoms with Crippen molar-refractivity contribution in [2.45, 2.75) is 13.3 Å². The molecule has 5 nitrogen and oxygen atoms in total. The normalized spacial score (nSPS) is 13.5. The molecule has 0 bridgehead atoms. The lowest BCUT2D eigenvalue weighted by Crippen LogP contribution is -2.54. The van der Waals surface area contributed by atoms with Crippen LogP contribution in [0.15, 0.2) is 18.2 Å². The Morgan fingerprint density at radius 3 is 2.78 bits per heavy atom. The van der Waals surface area contributed by atoms with Gasteiger partial charge in [-0.25, -0.2) is 10.0 Å². The van der Waals surface area contributed by atoms with E-state index in [1.54, 1.807) is 0 Å². The van der Waals surface area contributed by atoms with Crippen LogP contribution in [0.25, 0.3) is 0 Å². The Kier molecular flexibility index (Phi) is 3.43. The predicted octanol–water partition coefficient (Wildman–Crippen LogP) is 1.09. The van der Waals surface area contributed by atoms with Gasteiger partial charge in [0.1, 0.15) is 6.54 Å². The minimum Gasteiger partial charge on any atom is -0.454 e. The molecule has 1 aromatic rings. The number of hydrogen-bond donors (Lipinski definition) is 1. The maximum absolute atomic E-state index is 11.1. The van der Waals surface area contributed by atoms with Gasteiger partial charge in [-0.1, -0.05) is 6.07 Å². The minimum atomic E-state index is -0.0225. The summed E-state index contributed by atoms with van der Waals surface area (Å²) in [6, 6.07) is 5.95. The SMILES string of the molecule is CC(=O)N[N+](C)(C)CCc1ccc2c(c1)OCO2. The van der Waals surface area contributed by atoms with Gasteiger partial charge in [0.15, 0.2) is 11.5 Å². The van der Waals surface area contributed by atoms with E-state index in [0.717, 1.165) is 24.5 Å². The summed E-state index contributed by atoms with van der Waals surface area (Å²) in [5, 5.41) is 0. The van der Waals surface area contributed by atoms with E-state index >= 15 is 0 Å². The smallest absolute Gasteiger partial charge is 0.261 e. The Labute approximate surface area is 107 Å². The quantitative estimate of drug-likeness (QED) is 0.643. The van der Waals surface area contributed by atoms with Gasteiger partial charge in [0.2, 0.25) is 6.79 Å². The molecule has 0 saturated carbocycles. The lowest BCUT2D eigenvalue weighted by molar-refractivity contribution is -0.924. The first-order valence-electron chi connectivity index (χ1n) is 5.97. The van der Waals surface area contributed by atoms with Crippen LogP contribution in [-0.2, 0) is 11.2 Å². The highest BCUT2D eigenvalue weighted by atomic mass is 16.7. The maximum atomic E-state index is 11.1. The average molecular weight is 251 g/mol. The fourth-order valence-electron chi connectivity index (χ4n) is 1.99. The van der Waals surface area contributed by atoms with Crippen molar-refractivity contribution in [1.29, 1.82) is 0 Å². The zero-order valence-electron chi connectivity index (χ0n) is 11.0. The number of benzene rings is 1. The summed E-state index contributed by atoms with van der Waals surface area (Å²) in [5.41, 5.74) is 4.06. The number of carbonyl (C=O) groups excluding carboxylic acids is 1. The van der Waals surface area contributed by atoms with Gasteiger partial charge in [0.05, 0.1) is 14.1 Å². The Balaban J connectivity index is 1.96. The second kappa shape index (κ2) is 4.86. The number of likely N-dealkylation sites (N-methyl/N-ethyl adjacent to an activating group) is 1. The van der Waals surface area contributed by atoms with Crippen LogP contribution in [0.1, 0.15) is 12.5 Å². The number of rotatable bonds is 4. The van der Waals surface area contributed by atoms with Crippen molar-refractivity contribution < 1.29 is 18.9 Å². The van der Waals surface area contributed by atoms with E-state index in [-0.39, 0.29) is 5.91 Å². The molecule has 0 spiro atoms. The Morgan fingerprint density at radius 2 is 2.06 bits per heavy atom. The third-order valence-corrected chi connectivity index (χ3v) is 2.86. The van der Waals surface area contributed by atoms with Crippen LogP contribution in [0.4, 0.5) is 0 Å². The summed E-state index contributed by atoms with van der Waals surface area (Å²) in [4.78, 5) is 11.1. The largest absolute Gasteiger partial charge is 0.454 e. The molecular weight excluding hydrogens is 232 g/mol. The molecular formula is C13H19N2O3+. The van der Waals surface area contributed by atoms with Gasteiger partial charge in [-0.3, -0.25) is 4.79 Å². The number of nitrogens with one attached hydrogen (secondary N) is 1. The van der Waals surface area contributed by atoms with E-state index < -0.39 is 0 Å². The molecule has 0 aliphatic carbocycles. The molecule has 1 heterocycles. The molecule has 1 aliphatic heterocycles. The number of ether oxygens (including phenoxy) is 2. The molecule has 0 unspecified atom stereocenters. The minimum absolute atomic E-state index is 0.0225. The second-order valence-corrected chi connectivity index (χ2v) is 5.01. The number of amides is 1. The van der Waals surface area contributed by atoms with Gasteiger partial charge < -0.3 is 9.47 Å². The molecule has 2 rings (SSSR count). The van der Waals surface area contributed by atoms with Crippen molar-refractivity contribution in [3.8, 4) is 11.5 Å². The van der Waals surface area contributed by atoms with Crippen molar-refractivity contribution in [1.82, 2.24) is 5.43 Å². The van der Waals surface area contributed by atoms with Crippen LogP contribution in [0.2, 0.25) is 0 Å². The molecule has 0 fully saturated rings. The summed E-state index contributed by atoms with van der Waals surface area (Å²) < 4.78 is 11.1. The molecule has 1 amide bonds. The Bertz CT molecular complexity index is 458. The number of fused-ring (bicyclic) bond motifs is 1. The van der Waals surface area contributed by atoms with Crippen LogP contribution in [0.3, 0.4) is 0 Å². The first-order valence-corrected chi connectivity index (χ1v) is 5.97. The molecule has 1 N–H and O–H groups in total. The molecule has 5 heteroatoms.